The number of carbonyl (C=O) groups is 2. The maximum Gasteiger partial charge on any atom is 0.301 e. The summed E-state index contributed by atoms with van der Waals surface area (Å²) in [7, 11) is 1.78. The van der Waals surface area contributed by atoms with Crippen LogP contribution in [-0.4, -0.2) is 18.7 Å². The third kappa shape index (κ3) is 1.68. The molecule has 110 valence electrons. The second-order valence-electron chi connectivity index (χ2n) is 5.15. The Bertz CT molecular complexity index is 821. The monoisotopic (exact) mass is 358 g/mol. The molecule has 22 heavy (non-hydrogen) atoms. The number of hydrogen-bond donors (Lipinski definition) is 0. The highest BCUT2D eigenvalue weighted by atomic mass is 79.9. The van der Waals surface area contributed by atoms with E-state index >= 15 is 0 Å². The van der Waals surface area contributed by atoms with Crippen molar-refractivity contribution >= 4 is 39.0 Å². The van der Waals surface area contributed by atoms with Gasteiger partial charge in [0.1, 0.15) is 0 Å². The van der Waals surface area contributed by atoms with E-state index in [4.69, 9.17) is 4.84 Å². The third-order valence-corrected chi connectivity index (χ3v) is 4.59. The summed E-state index contributed by atoms with van der Waals surface area (Å²) in [6, 6.07) is 12.9. The van der Waals surface area contributed by atoms with Gasteiger partial charge in [-0.05, 0) is 34.1 Å². The molecule has 0 bridgehead atoms. The number of rotatable bonds is 1. The maximum absolute atomic E-state index is 12.5. The molecule has 4 rings (SSSR count). The van der Waals surface area contributed by atoms with E-state index in [1.54, 1.807) is 30.3 Å². The number of ketones is 1. The zero-order valence-corrected chi connectivity index (χ0v) is 13.2. The van der Waals surface area contributed by atoms with Gasteiger partial charge in [-0.25, -0.2) is 4.84 Å². The van der Waals surface area contributed by atoms with Gasteiger partial charge >= 0.3 is 5.91 Å². The number of benzene rings is 2. The molecule has 0 radical (unpaired) electrons. The highest BCUT2D eigenvalue weighted by Gasteiger charge is 2.45. The van der Waals surface area contributed by atoms with Gasteiger partial charge in [0.15, 0.2) is 6.23 Å². The fraction of sp³-hybridized carbons (Fsp3) is 0.125. The quantitative estimate of drug-likeness (QED) is 0.735. The highest BCUT2D eigenvalue weighted by molar-refractivity contribution is 9.10. The number of hydrogen-bond acceptors (Lipinski definition) is 4. The number of amides is 1. The van der Waals surface area contributed by atoms with Gasteiger partial charge in [-0.3, -0.25) is 19.6 Å². The lowest BCUT2D eigenvalue weighted by Gasteiger charge is -2.24. The molecule has 0 saturated carbocycles. The van der Waals surface area contributed by atoms with Gasteiger partial charge in [0.25, 0.3) is 5.78 Å². The fourth-order valence-corrected chi connectivity index (χ4v) is 3.47. The van der Waals surface area contributed by atoms with Crippen LogP contribution < -0.4 is 9.96 Å². The van der Waals surface area contributed by atoms with Crippen LogP contribution in [0.1, 0.15) is 22.1 Å². The van der Waals surface area contributed by atoms with Crippen LogP contribution in [0.4, 0.5) is 11.4 Å². The first kappa shape index (κ1) is 13.5. The minimum atomic E-state index is -0.631. The lowest BCUT2D eigenvalue weighted by molar-refractivity contribution is -0.116. The molecule has 0 N–H and O–H groups in total. The summed E-state index contributed by atoms with van der Waals surface area (Å²) in [6.07, 6.45) is -0.631. The predicted molar refractivity (Wildman–Crippen MR) is 84.6 cm³/mol. The van der Waals surface area contributed by atoms with Crippen molar-refractivity contribution in [1.82, 2.24) is 0 Å². The van der Waals surface area contributed by atoms with Crippen molar-refractivity contribution in [2.24, 2.45) is 0 Å². The van der Waals surface area contributed by atoms with Crippen LogP contribution in [0.15, 0.2) is 46.9 Å². The summed E-state index contributed by atoms with van der Waals surface area (Å²) in [6.45, 7) is 0. The van der Waals surface area contributed by atoms with Crippen molar-refractivity contribution in [2.45, 2.75) is 6.23 Å². The zero-order chi connectivity index (χ0) is 15.4. The van der Waals surface area contributed by atoms with E-state index in [0.717, 1.165) is 11.3 Å². The van der Waals surface area contributed by atoms with Gasteiger partial charge in [-0.1, -0.05) is 24.3 Å². The Morgan fingerprint density at radius 3 is 2.59 bits per heavy atom. The largest absolute Gasteiger partial charge is 0.301 e. The molecule has 1 atom stereocenters. The van der Waals surface area contributed by atoms with E-state index in [1.807, 2.05) is 24.3 Å². The van der Waals surface area contributed by atoms with Gasteiger partial charge < -0.3 is 0 Å². The number of carbonyl (C=O) groups excluding carboxylic acids is 2. The van der Waals surface area contributed by atoms with E-state index in [1.165, 1.54) is 4.90 Å². The summed E-state index contributed by atoms with van der Waals surface area (Å²) in [5.41, 5.74) is 2.71. The number of fused-ring (bicyclic) bond motifs is 2. The SMILES string of the molecule is CN1OC(N2C(=O)C(=O)c3c(Br)cccc32)c2ccccc21. The summed E-state index contributed by atoms with van der Waals surface area (Å²) >= 11 is 3.34. The van der Waals surface area contributed by atoms with Crippen molar-refractivity contribution in [2.75, 3.05) is 17.0 Å². The van der Waals surface area contributed by atoms with Crippen LogP contribution in [0.3, 0.4) is 0 Å². The highest BCUT2D eigenvalue weighted by Crippen LogP contribution is 2.45. The Kier molecular flexibility index (Phi) is 2.85. The number of halogens is 1. The van der Waals surface area contributed by atoms with Crippen LogP contribution in [0.2, 0.25) is 0 Å². The van der Waals surface area contributed by atoms with E-state index in [-0.39, 0.29) is 0 Å². The van der Waals surface area contributed by atoms with E-state index in [0.29, 0.717) is 15.7 Å². The second kappa shape index (κ2) is 4.66. The fourth-order valence-electron chi connectivity index (χ4n) is 2.93. The zero-order valence-electron chi connectivity index (χ0n) is 11.6. The average Bonchev–Trinajstić information content (AvgIpc) is 2.97. The van der Waals surface area contributed by atoms with Gasteiger partial charge in [-0.15, -0.1) is 0 Å². The Balaban J connectivity index is 1.88. The van der Waals surface area contributed by atoms with Crippen molar-refractivity contribution in [3.8, 4) is 0 Å². The van der Waals surface area contributed by atoms with Gasteiger partial charge in [0.2, 0.25) is 0 Å². The summed E-state index contributed by atoms with van der Waals surface area (Å²) in [4.78, 5) is 32.0. The predicted octanol–water partition coefficient (Wildman–Crippen LogP) is 3.06. The normalized spacial score (nSPS) is 19.6. The molecule has 0 spiro atoms. The molecule has 1 unspecified atom stereocenters. The van der Waals surface area contributed by atoms with E-state index in [9.17, 15) is 9.59 Å². The molecule has 2 aliphatic heterocycles. The molecule has 2 aliphatic rings. The Morgan fingerprint density at radius 1 is 1.05 bits per heavy atom. The first-order valence-corrected chi connectivity index (χ1v) is 7.54. The molecule has 2 aromatic rings. The van der Waals surface area contributed by atoms with Crippen LogP contribution >= 0.6 is 15.9 Å². The lowest BCUT2D eigenvalue weighted by Crippen LogP contribution is -2.35. The van der Waals surface area contributed by atoms with E-state index in [2.05, 4.69) is 15.9 Å². The number of Topliss-reactive ketones (excluding diaryl/α,β-unsaturated/α-hetero) is 1. The molecule has 0 aliphatic carbocycles. The lowest BCUT2D eigenvalue weighted by atomic mass is 10.1. The van der Waals surface area contributed by atoms with Crippen molar-refractivity contribution in [1.29, 1.82) is 0 Å². The summed E-state index contributed by atoms with van der Waals surface area (Å²) < 4.78 is 0.616. The standard InChI is InChI=1S/C16H11BrN2O3/c1-18-11-7-3-2-5-9(11)16(22-18)19-12-8-4-6-10(17)13(12)14(20)15(19)21/h2-8,16H,1H3. The number of nitrogens with zero attached hydrogens (tertiary/aromatic N) is 2. The van der Waals surface area contributed by atoms with Crippen LogP contribution in [0.5, 0.6) is 0 Å². The molecular weight excluding hydrogens is 348 g/mol. The third-order valence-electron chi connectivity index (χ3n) is 3.93. The minimum absolute atomic E-state index is 0.392. The molecule has 6 heteroatoms. The van der Waals surface area contributed by atoms with Gasteiger partial charge in [-0.2, -0.15) is 0 Å². The Morgan fingerprint density at radius 2 is 1.77 bits per heavy atom. The maximum atomic E-state index is 12.5. The molecular formula is C16H11BrN2O3. The van der Waals surface area contributed by atoms with E-state index < -0.39 is 17.9 Å². The Labute approximate surface area is 135 Å². The number of hydroxylamine groups is 1. The van der Waals surface area contributed by atoms with Crippen LogP contribution in [0, 0.1) is 0 Å². The summed E-state index contributed by atoms with van der Waals surface area (Å²) in [5, 5.41) is 1.62. The van der Waals surface area contributed by atoms with Gasteiger partial charge in [0, 0.05) is 17.1 Å². The molecule has 1 amide bonds. The van der Waals surface area contributed by atoms with Crippen molar-refractivity contribution in [3.63, 3.8) is 0 Å². The van der Waals surface area contributed by atoms with Crippen LogP contribution in [-0.2, 0) is 9.63 Å². The minimum Gasteiger partial charge on any atom is -0.283 e. The number of anilines is 2. The topological polar surface area (TPSA) is 49.9 Å². The molecule has 2 aromatic carbocycles. The van der Waals surface area contributed by atoms with Crippen LogP contribution in [0.25, 0.3) is 0 Å². The number of para-hydroxylation sites is 1. The summed E-state index contributed by atoms with van der Waals surface area (Å²) in [5.74, 6) is -1.09. The molecule has 0 fully saturated rings. The second-order valence-corrected chi connectivity index (χ2v) is 6.01. The average molecular weight is 359 g/mol. The van der Waals surface area contributed by atoms with Gasteiger partial charge in [0.05, 0.1) is 16.9 Å². The van der Waals surface area contributed by atoms with Crippen molar-refractivity contribution < 1.29 is 14.4 Å². The molecule has 5 nitrogen and oxygen atoms in total. The molecule has 0 aromatic heterocycles. The molecule has 2 heterocycles. The smallest absolute Gasteiger partial charge is 0.283 e. The first-order valence-electron chi connectivity index (χ1n) is 6.75. The van der Waals surface area contributed by atoms with Crippen molar-refractivity contribution in [3.05, 3.63) is 58.1 Å². The first-order chi connectivity index (χ1) is 10.6. The molecule has 0 saturated heterocycles. The Hall–Kier alpha value is -2.18.